The minimum Gasteiger partial charge on any atom is -0.480 e. The molecular formula is C30H32N10O9S. The van der Waals surface area contributed by atoms with Crippen molar-refractivity contribution >= 4 is 70.0 Å². The molecule has 2 aromatic heterocycles. The summed E-state index contributed by atoms with van der Waals surface area (Å²) in [6, 6.07) is 2.01. The van der Waals surface area contributed by atoms with Gasteiger partial charge in [0, 0.05) is 29.8 Å². The zero-order valence-electron chi connectivity index (χ0n) is 26.4. The molecule has 0 aliphatic carbocycles. The van der Waals surface area contributed by atoms with Gasteiger partial charge in [0.2, 0.25) is 22.9 Å². The van der Waals surface area contributed by atoms with Crippen LogP contribution in [0.1, 0.15) is 48.7 Å². The summed E-state index contributed by atoms with van der Waals surface area (Å²) in [6.07, 6.45) is 1.06. The van der Waals surface area contributed by atoms with Crippen LogP contribution in [0, 0.1) is 0 Å². The summed E-state index contributed by atoms with van der Waals surface area (Å²) in [5.41, 5.74) is 6.37. The molecule has 3 fully saturated rings. The summed E-state index contributed by atoms with van der Waals surface area (Å²) in [7, 11) is 0. The van der Waals surface area contributed by atoms with Crippen molar-refractivity contribution in [3.05, 3.63) is 52.1 Å². The number of anilines is 2. The van der Waals surface area contributed by atoms with Crippen molar-refractivity contribution in [2.45, 2.75) is 68.4 Å². The highest BCUT2D eigenvalue weighted by atomic mass is 32.2. The number of aromatic nitrogens is 4. The number of nitrogens with two attached hydrogens (primary N) is 1. The second-order valence-corrected chi connectivity index (χ2v) is 13.1. The van der Waals surface area contributed by atoms with Gasteiger partial charge in [0.15, 0.2) is 11.2 Å². The number of carboxylic acids is 2. The van der Waals surface area contributed by atoms with E-state index in [2.05, 4.69) is 35.9 Å². The number of ketones is 1. The van der Waals surface area contributed by atoms with Gasteiger partial charge in [-0.1, -0.05) is 11.8 Å². The van der Waals surface area contributed by atoms with E-state index < -0.39 is 64.5 Å². The highest BCUT2D eigenvalue weighted by Gasteiger charge is 2.69. The van der Waals surface area contributed by atoms with Gasteiger partial charge >= 0.3 is 11.9 Å². The predicted octanol–water partition coefficient (Wildman–Crippen LogP) is -0.938. The first-order valence-corrected chi connectivity index (χ1v) is 16.5. The number of carbonyl (C=O) groups is 6. The molecule has 5 heterocycles. The highest BCUT2D eigenvalue weighted by Crippen LogP contribution is 2.50. The number of carbonyl (C=O) groups excluding carboxylic acids is 4. The standard InChI is InChI=1S/C30H32N10O9S/c1-13-25(44)40-20(28(48)49)12-50-30(40)38-18(26(45)39(13)30)8-6-17(41)7-9-19(27(46)47)35-23(42)14-2-4-15(5-3-14)32-10-16-11-33-22-21(34-16)24(43)37-29(31)36-22/h2-5,11,13,18-20,32,38H,6-10,12H2,1H3,(H,35,42)(H,46,47)(H,48,49)(H3,31,33,36,37,43). The van der Waals surface area contributed by atoms with Gasteiger partial charge in [-0.2, -0.15) is 4.98 Å². The van der Waals surface area contributed by atoms with Crippen LogP contribution >= 0.6 is 11.8 Å². The number of nitrogens with one attached hydrogen (secondary N) is 4. The van der Waals surface area contributed by atoms with Crippen LogP contribution in [0.2, 0.25) is 0 Å². The van der Waals surface area contributed by atoms with E-state index in [0.717, 1.165) is 11.8 Å². The van der Waals surface area contributed by atoms with Gasteiger partial charge in [0.25, 0.3) is 11.5 Å². The van der Waals surface area contributed by atoms with E-state index in [1.54, 1.807) is 12.1 Å². The number of aromatic amines is 1. The van der Waals surface area contributed by atoms with Crippen molar-refractivity contribution in [3.8, 4) is 0 Å². The average molecular weight is 709 g/mol. The Balaban J connectivity index is 0.984. The number of carboxylic acid groups (broad SMARTS) is 2. The lowest BCUT2D eigenvalue weighted by Crippen LogP contribution is -2.57. The number of fused-ring (bicyclic) bond motifs is 1. The Morgan fingerprint density at radius 3 is 2.52 bits per heavy atom. The number of aliphatic carboxylic acids is 2. The molecule has 19 nitrogen and oxygen atoms in total. The number of hydrogen-bond donors (Lipinski definition) is 7. The van der Waals surface area contributed by atoms with Gasteiger partial charge in [-0.05, 0) is 44.0 Å². The number of H-pyrrole nitrogens is 1. The van der Waals surface area contributed by atoms with E-state index >= 15 is 0 Å². The van der Waals surface area contributed by atoms with E-state index in [4.69, 9.17) is 5.73 Å². The first-order valence-electron chi connectivity index (χ1n) is 15.5. The fraction of sp³-hybridized carbons (Fsp3) is 0.400. The molecule has 0 radical (unpaired) electrons. The average Bonchev–Trinajstić information content (AvgIpc) is 3.66. The maximum atomic E-state index is 13.2. The zero-order chi connectivity index (χ0) is 35.9. The van der Waals surface area contributed by atoms with E-state index in [-0.39, 0.29) is 66.4 Å². The third-order valence-electron chi connectivity index (χ3n) is 8.71. The predicted molar refractivity (Wildman–Crippen MR) is 175 cm³/mol. The number of benzene rings is 1. The fourth-order valence-corrected chi connectivity index (χ4v) is 7.84. The Morgan fingerprint density at radius 1 is 1.08 bits per heavy atom. The lowest BCUT2D eigenvalue weighted by atomic mass is 10.0. The molecular weight excluding hydrogens is 676 g/mol. The number of nitrogens with zero attached hydrogens (tertiary/aromatic N) is 5. The largest absolute Gasteiger partial charge is 0.480 e. The van der Waals surface area contributed by atoms with Crippen molar-refractivity contribution in [1.82, 2.24) is 40.4 Å². The second-order valence-electron chi connectivity index (χ2n) is 12.0. The van der Waals surface area contributed by atoms with E-state index in [1.165, 1.54) is 35.1 Å². The quantitative estimate of drug-likeness (QED) is 0.113. The van der Waals surface area contributed by atoms with Crippen LogP contribution in [0.3, 0.4) is 0 Å². The summed E-state index contributed by atoms with van der Waals surface area (Å²) < 4.78 is 0. The molecule has 20 heteroatoms. The van der Waals surface area contributed by atoms with Crippen LogP contribution in [0.5, 0.6) is 0 Å². The Hall–Kier alpha value is -5.63. The Morgan fingerprint density at radius 2 is 1.82 bits per heavy atom. The van der Waals surface area contributed by atoms with Gasteiger partial charge in [0.05, 0.1) is 24.5 Å². The molecule has 50 heavy (non-hydrogen) atoms. The maximum Gasteiger partial charge on any atom is 0.327 e. The fourth-order valence-electron chi connectivity index (χ4n) is 6.19. The lowest BCUT2D eigenvalue weighted by Gasteiger charge is -2.33. The molecule has 8 N–H and O–H groups in total. The van der Waals surface area contributed by atoms with Crippen molar-refractivity contribution in [2.24, 2.45) is 0 Å². The molecule has 3 saturated heterocycles. The van der Waals surface area contributed by atoms with Crippen molar-refractivity contribution in [1.29, 1.82) is 0 Å². The number of rotatable bonds is 13. The number of amides is 3. The number of hydrogen-bond acceptors (Lipinski definition) is 14. The summed E-state index contributed by atoms with van der Waals surface area (Å²) >= 11 is 1.14. The minimum atomic E-state index is -1.36. The lowest BCUT2D eigenvalue weighted by molar-refractivity contribution is -0.149. The van der Waals surface area contributed by atoms with Gasteiger partial charge in [-0.3, -0.25) is 44.1 Å². The van der Waals surface area contributed by atoms with Crippen LogP contribution < -0.4 is 27.2 Å². The summed E-state index contributed by atoms with van der Waals surface area (Å²) in [5.74, 6) is -4.35. The molecule has 3 amide bonds. The van der Waals surface area contributed by atoms with E-state index in [9.17, 15) is 43.8 Å². The molecule has 262 valence electrons. The first-order chi connectivity index (χ1) is 23.8. The van der Waals surface area contributed by atoms with Crippen LogP contribution in [0.4, 0.5) is 11.6 Å². The molecule has 5 atom stereocenters. The highest BCUT2D eigenvalue weighted by molar-refractivity contribution is 8.00. The Labute approximate surface area is 286 Å². The summed E-state index contributed by atoms with van der Waals surface area (Å²) in [5, 5.41) is 26.6. The summed E-state index contributed by atoms with van der Waals surface area (Å²) in [6.45, 7) is 1.73. The topological polar surface area (TPSA) is 283 Å². The van der Waals surface area contributed by atoms with Crippen molar-refractivity contribution in [3.63, 3.8) is 0 Å². The number of Topliss-reactive ketones (excluding diaryl/α,β-unsaturated/α-hetero) is 1. The van der Waals surface area contributed by atoms with Crippen molar-refractivity contribution in [2.75, 3.05) is 16.8 Å². The molecule has 6 rings (SSSR count). The second kappa shape index (κ2) is 13.3. The minimum absolute atomic E-state index is 0.0337. The SMILES string of the molecule is CC1C(=O)N2C(C(=O)O)CSC23NC(CCC(=O)CCC(NC(=O)c2ccc(NCc4cnc5nc(N)[nH]c(=O)c5n4)cc2)C(=O)O)C(=O)N13. The van der Waals surface area contributed by atoms with Gasteiger partial charge < -0.3 is 26.6 Å². The molecule has 0 saturated carbocycles. The molecule has 1 spiro atoms. The van der Waals surface area contributed by atoms with Crippen LogP contribution in [0.25, 0.3) is 11.2 Å². The zero-order valence-corrected chi connectivity index (χ0v) is 27.2. The Kier molecular flexibility index (Phi) is 9.14. The molecule has 0 bridgehead atoms. The normalized spacial score (nSPS) is 23.1. The third kappa shape index (κ3) is 6.29. The summed E-state index contributed by atoms with van der Waals surface area (Å²) in [4.78, 5) is 105. The molecule has 3 aliphatic heterocycles. The molecule has 3 aromatic rings. The van der Waals surface area contributed by atoms with Crippen molar-refractivity contribution < 1.29 is 39.0 Å². The maximum absolute atomic E-state index is 13.2. The number of nitrogen functional groups attached to an aromatic ring is 1. The molecule has 3 aliphatic rings. The smallest absolute Gasteiger partial charge is 0.327 e. The van der Waals surface area contributed by atoms with Gasteiger partial charge in [0.1, 0.15) is 23.9 Å². The third-order valence-corrected chi connectivity index (χ3v) is 10.1. The van der Waals surface area contributed by atoms with Crippen LogP contribution in [-0.4, -0.2) is 110 Å². The number of thioether (sulfide) groups is 1. The Bertz CT molecular complexity index is 1970. The van der Waals surface area contributed by atoms with Gasteiger partial charge in [-0.25, -0.2) is 19.6 Å². The monoisotopic (exact) mass is 708 g/mol. The van der Waals surface area contributed by atoms with E-state index in [1.807, 2.05) is 0 Å². The molecule has 5 unspecified atom stereocenters. The molecule has 1 aromatic carbocycles. The van der Waals surface area contributed by atoms with Crippen LogP contribution in [0.15, 0.2) is 35.3 Å². The van der Waals surface area contributed by atoms with Gasteiger partial charge in [-0.15, -0.1) is 0 Å². The van der Waals surface area contributed by atoms with E-state index in [0.29, 0.717) is 11.4 Å². The first kappa shape index (κ1) is 34.2. The van der Waals surface area contributed by atoms with Crippen LogP contribution in [-0.2, 0) is 30.5 Å².